The number of hydrogen-bond acceptors (Lipinski definition) is 1. The van der Waals surface area contributed by atoms with Crippen molar-refractivity contribution in [3.8, 4) is 0 Å². The molecule has 44 heavy (non-hydrogen) atoms. The summed E-state index contributed by atoms with van der Waals surface area (Å²) in [6, 6.07) is 0. The van der Waals surface area contributed by atoms with Gasteiger partial charge in [-0.25, -0.2) is 0 Å². The van der Waals surface area contributed by atoms with E-state index in [1.54, 1.807) is 0 Å². The van der Waals surface area contributed by atoms with Gasteiger partial charge < -0.3 is 4.90 Å². The molecule has 5 heteroatoms. The van der Waals surface area contributed by atoms with E-state index in [0.717, 1.165) is 25.9 Å². The molecule has 0 aromatic rings. The van der Waals surface area contributed by atoms with Gasteiger partial charge >= 0.3 is 5.96 Å². The normalized spacial score (nSPS) is 11.2. The van der Waals surface area contributed by atoms with E-state index in [-0.39, 0.29) is 18.4 Å². The Kier molecular flexibility index (Phi) is 35.2. The highest BCUT2D eigenvalue weighted by atomic mass is 16.2. The maximum absolute atomic E-state index is 12.8. The molecule has 0 radical (unpaired) electrons. The van der Waals surface area contributed by atoms with Gasteiger partial charge in [0.05, 0.1) is 0 Å². The molecule has 1 amide bonds. The number of guanidine groups is 1. The summed E-state index contributed by atoms with van der Waals surface area (Å²) in [6.07, 6.45) is 43.9. The molecular formula is C39H81N4O+. The van der Waals surface area contributed by atoms with Crippen LogP contribution >= 0.6 is 0 Å². The highest BCUT2D eigenvalue weighted by Gasteiger charge is 2.13. The van der Waals surface area contributed by atoms with Crippen LogP contribution in [0.1, 0.15) is 219 Å². The van der Waals surface area contributed by atoms with Crippen molar-refractivity contribution >= 4 is 11.9 Å². The van der Waals surface area contributed by atoms with E-state index in [9.17, 15) is 4.79 Å². The lowest BCUT2D eigenvalue weighted by atomic mass is 10.0. The van der Waals surface area contributed by atoms with Crippen LogP contribution in [-0.4, -0.2) is 36.4 Å². The van der Waals surface area contributed by atoms with E-state index in [0.29, 0.717) is 0 Å². The van der Waals surface area contributed by atoms with Gasteiger partial charge in [-0.3, -0.25) is 21.3 Å². The summed E-state index contributed by atoms with van der Waals surface area (Å²) < 4.78 is 0. The van der Waals surface area contributed by atoms with E-state index in [1.165, 1.54) is 193 Å². The maximum Gasteiger partial charge on any atom is 0.339 e. The number of carbonyl (C=O) groups is 1. The van der Waals surface area contributed by atoms with Gasteiger partial charge in [0.2, 0.25) is 0 Å². The number of nitrogens with one attached hydrogen (secondary N) is 1. The van der Waals surface area contributed by atoms with E-state index in [1.807, 2.05) is 4.90 Å². The molecule has 0 aliphatic heterocycles. The van der Waals surface area contributed by atoms with Crippen molar-refractivity contribution in [3.63, 3.8) is 0 Å². The molecule has 0 aliphatic rings. The van der Waals surface area contributed by atoms with Crippen LogP contribution < -0.4 is 16.5 Å². The molecule has 0 aliphatic carbocycles. The first-order valence-corrected chi connectivity index (χ1v) is 20.0. The van der Waals surface area contributed by atoms with Crippen molar-refractivity contribution in [1.29, 1.82) is 0 Å². The summed E-state index contributed by atoms with van der Waals surface area (Å²) in [5.41, 5.74) is 11.1. The first kappa shape index (κ1) is 42.7. The Morgan fingerprint density at radius 1 is 0.409 bits per heavy atom. The predicted molar refractivity (Wildman–Crippen MR) is 195 cm³/mol. The third kappa shape index (κ3) is 33.6. The Bertz CT molecular complexity index is 569. The lowest BCUT2D eigenvalue weighted by Gasteiger charge is -2.22. The van der Waals surface area contributed by atoms with Crippen molar-refractivity contribution < 1.29 is 9.79 Å². The Balaban J connectivity index is 3.77. The number of nitrogens with zero attached hydrogens (tertiary/aromatic N) is 1. The largest absolute Gasteiger partial charge is 0.340 e. The molecule has 0 heterocycles. The first-order chi connectivity index (χ1) is 21.6. The number of carbonyl (C=O) groups excluding carboxylic acids is 1. The molecule has 0 aromatic heterocycles. The van der Waals surface area contributed by atoms with Crippen LogP contribution in [0.15, 0.2) is 0 Å². The summed E-state index contributed by atoms with van der Waals surface area (Å²) >= 11 is 0. The summed E-state index contributed by atoms with van der Waals surface area (Å²) in [6.45, 7) is 6.52. The van der Waals surface area contributed by atoms with Crippen molar-refractivity contribution in [2.75, 3.05) is 19.6 Å². The highest BCUT2D eigenvalue weighted by molar-refractivity contribution is 5.78. The molecule has 0 fully saturated rings. The fourth-order valence-electron chi connectivity index (χ4n) is 6.35. The van der Waals surface area contributed by atoms with Crippen molar-refractivity contribution in [2.24, 2.45) is 11.5 Å². The Labute approximate surface area is 276 Å². The van der Waals surface area contributed by atoms with Gasteiger partial charge in [0.15, 0.2) is 0 Å². The van der Waals surface area contributed by atoms with E-state index >= 15 is 0 Å². The second-order valence-electron chi connectivity index (χ2n) is 13.8. The second-order valence-corrected chi connectivity index (χ2v) is 13.8. The van der Waals surface area contributed by atoms with Gasteiger partial charge in [0, 0.05) is 13.1 Å². The smallest absolute Gasteiger partial charge is 0.339 e. The summed E-state index contributed by atoms with van der Waals surface area (Å²) in [4.78, 5) is 17.6. The summed E-state index contributed by atoms with van der Waals surface area (Å²) in [7, 11) is 0. The third-order valence-electron chi connectivity index (χ3n) is 9.36. The zero-order valence-electron chi connectivity index (χ0n) is 30.3. The quantitative estimate of drug-likeness (QED) is 0.0370. The van der Waals surface area contributed by atoms with E-state index in [4.69, 9.17) is 11.5 Å². The van der Waals surface area contributed by atoms with Gasteiger partial charge in [-0.2, -0.15) is 0 Å². The van der Waals surface area contributed by atoms with Crippen LogP contribution in [0.4, 0.5) is 0 Å². The van der Waals surface area contributed by atoms with Crippen LogP contribution in [0.2, 0.25) is 0 Å². The van der Waals surface area contributed by atoms with Gasteiger partial charge in [-0.15, -0.1) is 0 Å². The van der Waals surface area contributed by atoms with Gasteiger partial charge in [-0.1, -0.05) is 206 Å². The average molecular weight is 622 g/mol. The first-order valence-electron chi connectivity index (χ1n) is 20.0. The molecular weight excluding hydrogens is 540 g/mol. The molecule has 0 rings (SSSR count). The number of amides is 1. The zero-order chi connectivity index (χ0) is 32.2. The molecule has 5 nitrogen and oxygen atoms in total. The number of hydrogen-bond donors (Lipinski definition) is 3. The molecule has 0 unspecified atom stereocenters. The third-order valence-corrected chi connectivity index (χ3v) is 9.36. The molecule has 0 spiro atoms. The number of rotatable bonds is 36. The lowest BCUT2D eigenvalue weighted by molar-refractivity contribution is -0.447. The van der Waals surface area contributed by atoms with Crippen molar-refractivity contribution in [2.45, 2.75) is 219 Å². The summed E-state index contributed by atoms with van der Waals surface area (Å²) in [5.74, 6) is 0.253. The topological polar surface area (TPSA) is 86.3 Å². The number of unbranched alkanes of at least 4 members (excludes halogenated alkanes) is 30. The fraction of sp³-hybridized carbons (Fsp3) is 0.949. The highest BCUT2D eigenvalue weighted by Crippen LogP contribution is 2.16. The lowest BCUT2D eigenvalue weighted by Crippen LogP contribution is -2.80. The number of nitrogens with two attached hydrogens (primary N) is 2. The minimum Gasteiger partial charge on any atom is -0.340 e. The zero-order valence-corrected chi connectivity index (χ0v) is 30.3. The average Bonchev–Trinajstić information content (AvgIpc) is 3.02. The minimum absolute atomic E-state index is 0.125. The van der Waals surface area contributed by atoms with Crippen molar-refractivity contribution in [3.05, 3.63) is 0 Å². The van der Waals surface area contributed by atoms with Gasteiger partial charge in [-0.05, 0) is 12.8 Å². The second kappa shape index (κ2) is 36.2. The molecule has 262 valence electrons. The predicted octanol–water partition coefficient (Wildman–Crippen LogP) is 9.69. The van der Waals surface area contributed by atoms with Crippen LogP contribution in [0, 0.1) is 0 Å². The standard InChI is InChI=1S/C39H80N4O/c1-3-5-7-9-11-13-15-17-19-21-23-25-27-29-31-33-35-43(38(44)37-42-39(40)41)36-34-32-30-28-26-24-22-20-18-16-14-12-10-8-6-4-2/h3-37H2,1-2H3,(H4,40,41,42)/p+1. The van der Waals surface area contributed by atoms with Crippen LogP contribution in [0.3, 0.4) is 0 Å². The van der Waals surface area contributed by atoms with Crippen molar-refractivity contribution in [1.82, 2.24) is 4.90 Å². The Morgan fingerprint density at radius 3 is 0.864 bits per heavy atom. The minimum atomic E-state index is 0.125. The van der Waals surface area contributed by atoms with Crippen LogP contribution in [-0.2, 0) is 4.79 Å². The Morgan fingerprint density at radius 2 is 0.636 bits per heavy atom. The van der Waals surface area contributed by atoms with Gasteiger partial charge in [0.1, 0.15) is 6.54 Å². The molecule has 0 aromatic carbocycles. The molecule has 5 N–H and O–H groups in total. The van der Waals surface area contributed by atoms with E-state index in [2.05, 4.69) is 18.8 Å². The summed E-state index contributed by atoms with van der Waals surface area (Å²) in [5, 5.41) is 0. The van der Waals surface area contributed by atoms with E-state index < -0.39 is 0 Å². The van der Waals surface area contributed by atoms with Gasteiger partial charge in [0.25, 0.3) is 5.91 Å². The monoisotopic (exact) mass is 622 g/mol. The molecule has 0 saturated carbocycles. The van der Waals surface area contributed by atoms with Crippen LogP contribution in [0.25, 0.3) is 0 Å². The molecule has 0 bridgehead atoms. The SMILES string of the molecule is CCCCCCCCCCCCCCCCCCN(CCCCCCCCCCCCCCCCCC)C(=O)C[NH+]=C(N)N. The molecule has 0 saturated heterocycles. The fourth-order valence-corrected chi connectivity index (χ4v) is 6.35. The molecule has 0 atom stereocenters. The maximum atomic E-state index is 12.8. The van der Waals surface area contributed by atoms with Crippen LogP contribution in [0.5, 0.6) is 0 Å². The Hall–Kier alpha value is -1.26.